The third kappa shape index (κ3) is 1.99. The van der Waals surface area contributed by atoms with Crippen LogP contribution in [0, 0.1) is 0 Å². The summed E-state index contributed by atoms with van der Waals surface area (Å²) < 4.78 is 0. The van der Waals surface area contributed by atoms with Gasteiger partial charge in [0.15, 0.2) is 0 Å². The largest absolute Gasteiger partial charge is 0.391 e. The minimum absolute atomic E-state index is 0.965. The van der Waals surface area contributed by atoms with Crippen LogP contribution < -0.4 is 5.73 Å². The van der Waals surface area contributed by atoms with Crippen molar-refractivity contribution < 1.29 is 0 Å². The molecule has 1 aromatic heterocycles. The summed E-state index contributed by atoms with van der Waals surface area (Å²) in [7, 11) is 0. The van der Waals surface area contributed by atoms with Gasteiger partial charge in [-0.15, -0.1) is 17.9 Å². The summed E-state index contributed by atoms with van der Waals surface area (Å²) in [5, 5.41) is 0.965. The van der Waals surface area contributed by atoms with Crippen molar-refractivity contribution in [3.63, 3.8) is 0 Å². The maximum Gasteiger partial charge on any atom is 0.0862 e. The first-order valence-corrected chi connectivity index (χ1v) is 5.81. The lowest BCUT2D eigenvalue weighted by Gasteiger charge is -2.16. The Morgan fingerprint density at radius 1 is 1.50 bits per heavy atom. The first kappa shape index (κ1) is 9.74. The van der Waals surface area contributed by atoms with Crippen molar-refractivity contribution in [1.82, 2.24) is 4.90 Å². The van der Waals surface area contributed by atoms with Gasteiger partial charge in [0.25, 0.3) is 0 Å². The molecule has 3 heteroatoms. The Labute approximate surface area is 89.0 Å². The van der Waals surface area contributed by atoms with Gasteiger partial charge in [-0.05, 0) is 24.5 Å². The van der Waals surface area contributed by atoms with E-state index >= 15 is 0 Å². The lowest BCUT2D eigenvalue weighted by atomic mass is 10.2. The molecule has 1 aliphatic heterocycles. The normalized spacial score (nSPS) is 17.4. The van der Waals surface area contributed by atoms with E-state index in [2.05, 4.69) is 17.5 Å². The average molecular weight is 208 g/mol. The molecule has 2 heterocycles. The number of fused-ring (bicyclic) bond motifs is 1. The molecule has 0 saturated carbocycles. The molecule has 0 spiro atoms. The Morgan fingerprint density at radius 2 is 2.29 bits per heavy atom. The van der Waals surface area contributed by atoms with Gasteiger partial charge in [0.1, 0.15) is 0 Å². The molecule has 0 atom stereocenters. The quantitative estimate of drug-likeness (QED) is 0.752. The number of rotatable bonds is 2. The molecule has 0 saturated heterocycles. The molecule has 1 aliphatic rings. The molecular weight excluding hydrogens is 192 g/mol. The second-order valence-corrected chi connectivity index (χ2v) is 4.85. The van der Waals surface area contributed by atoms with E-state index in [4.69, 9.17) is 5.73 Å². The average Bonchev–Trinajstić information content (AvgIpc) is 2.42. The van der Waals surface area contributed by atoms with E-state index < -0.39 is 0 Å². The predicted molar refractivity (Wildman–Crippen MR) is 62.8 cm³/mol. The molecular formula is C11H16N2S. The smallest absolute Gasteiger partial charge is 0.0862 e. The molecule has 76 valence electrons. The Kier molecular flexibility index (Phi) is 2.89. The number of hydrogen-bond donors (Lipinski definition) is 1. The molecule has 2 rings (SSSR count). The molecule has 0 aliphatic carbocycles. The molecule has 0 fully saturated rings. The lowest BCUT2D eigenvalue weighted by molar-refractivity contribution is 0.319. The van der Waals surface area contributed by atoms with Crippen LogP contribution in [0.4, 0.5) is 5.00 Å². The highest BCUT2D eigenvalue weighted by Gasteiger charge is 2.14. The Bertz CT molecular complexity index is 305. The maximum absolute atomic E-state index is 5.79. The van der Waals surface area contributed by atoms with Crippen LogP contribution in [-0.2, 0) is 12.8 Å². The summed E-state index contributed by atoms with van der Waals surface area (Å²) in [5.74, 6) is 0. The highest BCUT2D eigenvalue weighted by molar-refractivity contribution is 7.16. The van der Waals surface area contributed by atoms with Crippen molar-refractivity contribution in [2.24, 2.45) is 0 Å². The van der Waals surface area contributed by atoms with Crippen molar-refractivity contribution in [3.05, 3.63) is 29.2 Å². The molecule has 0 radical (unpaired) electrons. The lowest BCUT2D eigenvalue weighted by Crippen LogP contribution is -2.26. The summed E-state index contributed by atoms with van der Waals surface area (Å²) in [6.07, 6.45) is 4.26. The molecule has 14 heavy (non-hydrogen) atoms. The first-order valence-electron chi connectivity index (χ1n) is 5.00. The van der Waals surface area contributed by atoms with E-state index in [1.54, 1.807) is 11.3 Å². The van der Waals surface area contributed by atoms with Gasteiger partial charge in [-0.1, -0.05) is 6.08 Å². The van der Waals surface area contributed by atoms with E-state index in [0.29, 0.717) is 0 Å². The topological polar surface area (TPSA) is 29.3 Å². The monoisotopic (exact) mass is 208 g/mol. The minimum Gasteiger partial charge on any atom is -0.391 e. The van der Waals surface area contributed by atoms with E-state index in [1.807, 2.05) is 6.08 Å². The third-order valence-corrected chi connectivity index (χ3v) is 3.72. The number of hydrogen-bond acceptors (Lipinski definition) is 3. The van der Waals surface area contributed by atoms with Crippen LogP contribution in [0.5, 0.6) is 0 Å². The first-order chi connectivity index (χ1) is 6.79. The van der Waals surface area contributed by atoms with Gasteiger partial charge in [-0.3, -0.25) is 4.90 Å². The number of nitrogens with zero attached hydrogens (tertiary/aromatic N) is 1. The number of thiophene rings is 1. The van der Waals surface area contributed by atoms with Gasteiger partial charge in [0.2, 0.25) is 0 Å². The second-order valence-electron chi connectivity index (χ2n) is 3.69. The van der Waals surface area contributed by atoms with Crippen molar-refractivity contribution in [3.8, 4) is 0 Å². The van der Waals surface area contributed by atoms with Gasteiger partial charge in [-0.2, -0.15) is 0 Å². The summed E-state index contributed by atoms with van der Waals surface area (Å²) in [5.41, 5.74) is 7.25. The Balaban J connectivity index is 2.07. The van der Waals surface area contributed by atoms with Gasteiger partial charge in [0.05, 0.1) is 5.00 Å². The second kappa shape index (κ2) is 4.15. The van der Waals surface area contributed by atoms with Crippen LogP contribution in [0.3, 0.4) is 0 Å². The fraction of sp³-hybridized carbons (Fsp3) is 0.455. The third-order valence-electron chi connectivity index (χ3n) is 2.66. The number of nitrogen functional groups attached to an aromatic ring is 1. The van der Waals surface area contributed by atoms with Crippen LogP contribution in [0.15, 0.2) is 18.7 Å². The van der Waals surface area contributed by atoms with Crippen molar-refractivity contribution in [2.75, 3.05) is 25.4 Å². The Hall–Kier alpha value is -0.800. The van der Waals surface area contributed by atoms with E-state index in [0.717, 1.165) is 37.5 Å². The van der Waals surface area contributed by atoms with Crippen LogP contribution in [-0.4, -0.2) is 24.5 Å². The van der Waals surface area contributed by atoms with Crippen LogP contribution in [0.2, 0.25) is 0 Å². The molecule has 2 nitrogen and oxygen atoms in total. The summed E-state index contributed by atoms with van der Waals surface area (Å²) >= 11 is 1.75. The van der Waals surface area contributed by atoms with Crippen LogP contribution in [0.25, 0.3) is 0 Å². The van der Waals surface area contributed by atoms with Crippen molar-refractivity contribution in [1.29, 1.82) is 0 Å². The van der Waals surface area contributed by atoms with Gasteiger partial charge in [-0.25, -0.2) is 0 Å². The number of anilines is 1. The van der Waals surface area contributed by atoms with E-state index in [-0.39, 0.29) is 0 Å². The summed E-state index contributed by atoms with van der Waals surface area (Å²) in [4.78, 5) is 3.92. The van der Waals surface area contributed by atoms with Crippen molar-refractivity contribution in [2.45, 2.75) is 12.8 Å². The van der Waals surface area contributed by atoms with E-state index in [1.165, 1.54) is 10.4 Å². The fourth-order valence-electron chi connectivity index (χ4n) is 1.93. The maximum atomic E-state index is 5.79. The molecule has 0 bridgehead atoms. The SMILES string of the molecule is C=CCN1CCc2cc(N)sc2CC1. The standard InChI is InChI=1S/C11H16N2S/c1-2-5-13-6-3-9-8-11(12)14-10(9)4-7-13/h2,8H,1,3-7,12H2. The highest BCUT2D eigenvalue weighted by atomic mass is 32.1. The summed E-state index contributed by atoms with van der Waals surface area (Å²) in [6.45, 7) is 7.05. The zero-order chi connectivity index (χ0) is 9.97. The zero-order valence-corrected chi connectivity index (χ0v) is 9.15. The minimum atomic E-state index is 0.965. The predicted octanol–water partition coefficient (Wildman–Crippen LogP) is 1.92. The van der Waals surface area contributed by atoms with Gasteiger partial charge in [0, 0.05) is 24.5 Å². The van der Waals surface area contributed by atoms with Crippen LogP contribution >= 0.6 is 11.3 Å². The van der Waals surface area contributed by atoms with Crippen LogP contribution in [0.1, 0.15) is 10.4 Å². The zero-order valence-electron chi connectivity index (χ0n) is 8.33. The fourth-order valence-corrected chi connectivity index (χ4v) is 2.90. The Morgan fingerprint density at radius 3 is 3.07 bits per heavy atom. The van der Waals surface area contributed by atoms with Crippen molar-refractivity contribution >= 4 is 16.3 Å². The van der Waals surface area contributed by atoms with Gasteiger partial charge >= 0.3 is 0 Å². The molecule has 0 aromatic carbocycles. The summed E-state index contributed by atoms with van der Waals surface area (Å²) in [6, 6.07) is 2.14. The van der Waals surface area contributed by atoms with Gasteiger partial charge < -0.3 is 5.73 Å². The molecule has 2 N–H and O–H groups in total. The highest BCUT2D eigenvalue weighted by Crippen LogP contribution is 2.27. The van der Waals surface area contributed by atoms with E-state index in [9.17, 15) is 0 Å². The molecule has 0 amide bonds. The molecule has 0 unspecified atom stereocenters. The number of nitrogens with two attached hydrogens (primary N) is 1. The molecule has 1 aromatic rings.